The van der Waals surface area contributed by atoms with Gasteiger partial charge in [-0.25, -0.2) is 4.98 Å². The van der Waals surface area contributed by atoms with Gasteiger partial charge in [-0.1, -0.05) is 0 Å². The van der Waals surface area contributed by atoms with Gasteiger partial charge in [-0.05, 0) is 13.0 Å². The standard InChI is InChI=1S/C13H17N5O3/c14-9-11-8-12(18(19)20)13(16-10-11)15-2-1-3-17-4-6-21-7-5-17/h8,10H,1-7H2,(H,15,16). The van der Waals surface area contributed by atoms with E-state index in [2.05, 4.69) is 15.2 Å². The first kappa shape index (κ1) is 15.2. The lowest BCUT2D eigenvalue weighted by atomic mass is 10.2. The number of hydrogen-bond donors (Lipinski definition) is 1. The second-order valence-corrected chi connectivity index (χ2v) is 4.69. The van der Waals surface area contributed by atoms with Crippen LogP contribution in [0.1, 0.15) is 12.0 Å². The fraction of sp³-hybridized carbons (Fsp3) is 0.538. The van der Waals surface area contributed by atoms with E-state index < -0.39 is 4.92 Å². The zero-order chi connectivity index (χ0) is 15.1. The quantitative estimate of drug-likeness (QED) is 0.473. The molecule has 2 rings (SSSR count). The number of aromatic nitrogens is 1. The molecule has 0 aliphatic carbocycles. The average molecular weight is 291 g/mol. The number of morpholine rings is 1. The van der Waals surface area contributed by atoms with Crippen LogP contribution < -0.4 is 5.32 Å². The van der Waals surface area contributed by atoms with Crippen molar-refractivity contribution in [2.75, 3.05) is 44.7 Å². The molecule has 0 spiro atoms. The summed E-state index contributed by atoms with van der Waals surface area (Å²) in [5.74, 6) is 0.209. The number of nitro groups is 1. The number of nitriles is 1. The number of hydrogen-bond acceptors (Lipinski definition) is 7. The van der Waals surface area contributed by atoms with Gasteiger partial charge in [0.15, 0.2) is 0 Å². The van der Waals surface area contributed by atoms with E-state index in [1.54, 1.807) is 0 Å². The van der Waals surface area contributed by atoms with E-state index in [-0.39, 0.29) is 17.1 Å². The summed E-state index contributed by atoms with van der Waals surface area (Å²) < 4.78 is 5.27. The van der Waals surface area contributed by atoms with Crippen LogP contribution in [0.4, 0.5) is 11.5 Å². The second-order valence-electron chi connectivity index (χ2n) is 4.69. The van der Waals surface area contributed by atoms with Crippen LogP contribution in [0.5, 0.6) is 0 Å². The maximum Gasteiger partial charge on any atom is 0.312 e. The SMILES string of the molecule is N#Cc1cnc(NCCCN2CCOCC2)c([N+](=O)[O-])c1. The number of nitrogens with zero attached hydrogens (tertiary/aromatic N) is 4. The molecule has 0 aromatic carbocycles. The molecule has 0 atom stereocenters. The summed E-state index contributed by atoms with van der Waals surface area (Å²) in [6.07, 6.45) is 2.19. The Morgan fingerprint density at radius 2 is 2.29 bits per heavy atom. The Labute approximate surface area is 122 Å². The molecule has 0 radical (unpaired) electrons. The number of rotatable bonds is 6. The first-order valence-corrected chi connectivity index (χ1v) is 6.79. The average Bonchev–Trinajstić information content (AvgIpc) is 2.52. The van der Waals surface area contributed by atoms with Crippen LogP contribution >= 0.6 is 0 Å². The number of nitrogens with one attached hydrogen (secondary N) is 1. The van der Waals surface area contributed by atoms with Crippen LogP contribution in [0.3, 0.4) is 0 Å². The van der Waals surface area contributed by atoms with Crippen molar-refractivity contribution in [3.8, 4) is 6.07 Å². The van der Waals surface area contributed by atoms with Crippen molar-refractivity contribution in [3.05, 3.63) is 27.9 Å². The predicted octanol–water partition coefficient (Wildman–Crippen LogP) is 0.996. The van der Waals surface area contributed by atoms with Crippen molar-refractivity contribution < 1.29 is 9.66 Å². The molecule has 1 N–H and O–H groups in total. The first-order chi connectivity index (χ1) is 10.2. The van der Waals surface area contributed by atoms with Gasteiger partial charge in [-0.2, -0.15) is 5.26 Å². The number of ether oxygens (including phenoxy) is 1. The van der Waals surface area contributed by atoms with E-state index in [9.17, 15) is 10.1 Å². The van der Waals surface area contributed by atoms with E-state index in [1.165, 1.54) is 12.3 Å². The van der Waals surface area contributed by atoms with Gasteiger partial charge in [-0.15, -0.1) is 0 Å². The summed E-state index contributed by atoms with van der Waals surface area (Å²) in [7, 11) is 0. The molecule has 0 bridgehead atoms. The Kier molecular flexibility index (Phi) is 5.43. The largest absolute Gasteiger partial charge is 0.379 e. The highest BCUT2D eigenvalue weighted by molar-refractivity contribution is 5.58. The van der Waals surface area contributed by atoms with Crippen LogP contribution in [0.2, 0.25) is 0 Å². The minimum atomic E-state index is -0.530. The summed E-state index contributed by atoms with van der Waals surface area (Å²) in [5, 5.41) is 22.7. The first-order valence-electron chi connectivity index (χ1n) is 6.79. The van der Waals surface area contributed by atoms with Crippen LogP contribution in [-0.2, 0) is 4.74 Å². The Morgan fingerprint density at radius 1 is 1.52 bits per heavy atom. The van der Waals surface area contributed by atoms with Crippen LogP contribution in [-0.4, -0.2) is 54.2 Å². The molecular formula is C13H17N5O3. The zero-order valence-electron chi connectivity index (χ0n) is 11.6. The van der Waals surface area contributed by atoms with Crippen molar-refractivity contribution in [3.63, 3.8) is 0 Å². The lowest BCUT2D eigenvalue weighted by Gasteiger charge is -2.26. The summed E-state index contributed by atoms with van der Waals surface area (Å²) in [6, 6.07) is 3.08. The highest BCUT2D eigenvalue weighted by Crippen LogP contribution is 2.22. The zero-order valence-corrected chi connectivity index (χ0v) is 11.6. The third kappa shape index (κ3) is 4.37. The molecule has 1 aromatic heterocycles. The minimum Gasteiger partial charge on any atom is -0.379 e. The number of anilines is 1. The van der Waals surface area contributed by atoms with Gasteiger partial charge < -0.3 is 10.1 Å². The van der Waals surface area contributed by atoms with Gasteiger partial charge in [0, 0.05) is 31.9 Å². The third-order valence-corrected chi connectivity index (χ3v) is 3.24. The summed E-state index contributed by atoms with van der Waals surface area (Å²) >= 11 is 0. The van der Waals surface area contributed by atoms with Crippen molar-refractivity contribution in [2.45, 2.75) is 6.42 Å². The molecule has 1 saturated heterocycles. The highest BCUT2D eigenvalue weighted by atomic mass is 16.6. The predicted molar refractivity (Wildman–Crippen MR) is 76.0 cm³/mol. The van der Waals surface area contributed by atoms with Gasteiger partial charge in [0.1, 0.15) is 6.07 Å². The highest BCUT2D eigenvalue weighted by Gasteiger charge is 2.16. The van der Waals surface area contributed by atoms with Gasteiger partial charge in [0.2, 0.25) is 5.82 Å². The topological polar surface area (TPSA) is 104 Å². The van der Waals surface area contributed by atoms with E-state index in [1.807, 2.05) is 6.07 Å². The van der Waals surface area contributed by atoms with Crippen molar-refractivity contribution in [1.82, 2.24) is 9.88 Å². The van der Waals surface area contributed by atoms with Gasteiger partial charge >= 0.3 is 5.69 Å². The van der Waals surface area contributed by atoms with Crippen LogP contribution in [0.15, 0.2) is 12.3 Å². The molecule has 8 nitrogen and oxygen atoms in total. The van der Waals surface area contributed by atoms with Gasteiger partial charge in [0.05, 0.1) is 23.7 Å². The maximum atomic E-state index is 11.0. The van der Waals surface area contributed by atoms with E-state index >= 15 is 0 Å². The van der Waals surface area contributed by atoms with Crippen molar-refractivity contribution in [1.29, 1.82) is 5.26 Å². The summed E-state index contributed by atoms with van der Waals surface area (Å²) in [5.41, 5.74) is 0.0148. The summed E-state index contributed by atoms with van der Waals surface area (Å²) in [6.45, 7) is 4.88. The van der Waals surface area contributed by atoms with Crippen molar-refractivity contribution >= 4 is 11.5 Å². The third-order valence-electron chi connectivity index (χ3n) is 3.24. The molecule has 21 heavy (non-hydrogen) atoms. The molecule has 0 amide bonds. The molecule has 1 aliphatic rings. The van der Waals surface area contributed by atoms with Gasteiger partial charge in [0.25, 0.3) is 0 Å². The molecule has 1 aromatic rings. The monoisotopic (exact) mass is 291 g/mol. The van der Waals surface area contributed by atoms with E-state index in [0.29, 0.717) is 6.54 Å². The molecule has 0 unspecified atom stereocenters. The Hall–Kier alpha value is -2.24. The molecule has 1 aliphatic heterocycles. The van der Waals surface area contributed by atoms with E-state index in [0.717, 1.165) is 39.3 Å². The lowest BCUT2D eigenvalue weighted by molar-refractivity contribution is -0.384. The molecule has 112 valence electrons. The second kappa shape index (κ2) is 7.52. The maximum absolute atomic E-state index is 11.0. The Bertz CT molecular complexity index is 537. The molecular weight excluding hydrogens is 274 g/mol. The fourth-order valence-electron chi connectivity index (χ4n) is 2.12. The van der Waals surface area contributed by atoms with Crippen molar-refractivity contribution in [2.24, 2.45) is 0 Å². The molecule has 1 fully saturated rings. The van der Waals surface area contributed by atoms with Gasteiger partial charge in [-0.3, -0.25) is 15.0 Å². The van der Waals surface area contributed by atoms with Crippen LogP contribution in [0, 0.1) is 21.4 Å². The summed E-state index contributed by atoms with van der Waals surface area (Å²) in [4.78, 5) is 16.7. The van der Waals surface area contributed by atoms with Crippen LogP contribution in [0.25, 0.3) is 0 Å². The molecule has 2 heterocycles. The molecule has 8 heteroatoms. The minimum absolute atomic E-state index is 0.166. The fourth-order valence-corrected chi connectivity index (χ4v) is 2.12. The lowest BCUT2D eigenvalue weighted by Crippen LogP contribution is -2.37. The normalized spacial score (nSPS) is 15.4. The molecule has 0 saturated carbocycles. The Balaban J connectivity index is 1.85. The van der Waals surface area contributed by atoms with E-state index in [4.69, 9.17) is 10.00 Å². The smallest absolute Gasteiger partial charge is 0.312 e. The Morgan fingerprint density at radius 3 is 2.95 bits per heavy atom. The number of pyridine rings is 1.